The molecule has 7 aliphatic rings. The molecule has 7 rings (SSSR count). The van der Waals surface area contributed by atoms with Gasteiger partial charge < -0.3 is 59.8 Å². The number of fused-ring (bicyclic) bond motifs is 6. The smallest absolute Gasteiger partial charge is 0.315 e. The molecule has 0 aromatic heterocycles. The Bertz CT molecular complexity index is 1550. The Morgan fingerprint density at radius 2 is 1.50 bits per heavy atom. The van der Waals surface area contributed by atoms with E-state index in [9.17, 15) is 50.4 Å². The van der Waals surface area contributed by atoms with Crippen molar-refractivity contribution in [2.75, 3.05) is 6.61 Å². The largest absolute Gasteiger partial charge is 0.481 e. The second-order valence-electron chi connectivity index (χ2n) is 20.1. The van der Waals surface area contributed by atoms with Crippen molar-refractivity contribution >= 4 is 11.9 Å². The maximum Gasteiger partial charge on any atom is 0.315 e. The van der Waals surface area contributed by atoms with Gasteiger partial charge in [-0.25, -0.2) is 0 Å². The maximum atomic E-state index is 14.6. The summed E-state index contributed by atoms with van der Waals surface area (Å²) in [4.78, 5) is 28.8. The molecule has 4 saturated carbocycles. The Kier molecular flexibility index (Phi) is 11.0. The number of esters is 1. The van der Waals surface area contributed by atoms with E-state index in [0.717, 1.165) is 18.4 Å². The molecule has 2 aliphatic heterocycles. The van der Waals surface area contributed by atoms with E-state index in [2.05, 4.69) is 47.6 Å². The quantitative estimate of drug-likeness (QED) is 0.110. The van der Waals surface area contributed by atoms with Gasteiger partial charge in [-0.1, -0.05) is 53.2 Å². The van der Waals surface area contributed by atoms with Crippen molar-refractivity contribution < 1.29 is 69.4 Å². The zero-order valence-corrected chi connectivity index (χ0v) is 33.9. The van der Waals surface area contributed by atoms with Gasteiger partial charge in [0.25, 0.3) is 0 Å². The van der Waals surface area contributed by atoms with Crippen LogP contribution in [0.25, 0.3) is 0 Å². The van der Waals surface area contributed by atoms with Gasteiger partial charge >= 0.3 is 11.9 Å². The first kappa shape index (κ1) is 42.4. The third-order valence-corrected chi connectivity index (χ3v) is 17.4. The summed E-state index contributed by atoms with van der Waals surface area (Å²) in [6, 6.07) is 0. The predicted molar refractivity (Wildman–Crippen MR) is 198 cm³/mol. The molecule has 6 fully saturated rings. The third-order valence-electron chi connectivity index (χ3n) is 17.4. The highest BCUT2D eigenvalue weighted by Gasteiger charge is 2.73. The number of rotatable bonds is 6. The van der Waals surface area contributed by atoms with E-state index in [0.29, 0.717) is 32.1 Å². The molecule has 0 aromatic carbocycles. The Labute approximate surface area is 329 Å². The molecule has 2 heterocycles. The molecule has 2 saturated heterocycles. The first-order valence-corrected chi connectivity index (χ1v) is 20.9. The van der Waals surface area contributed by atoms with Gasteiger partial charge in [0, 0.05) is 0 Å². The highest BCUT2D eigenvalue weighted by molar-refractivity contribution is 5.84. The average Bonchev–Trinajstić information content (AvgIpc) is 3.13. The zero-order chi connectivity index (χ0) is 41.1. The van der Waals surface area contributed by atoms with Crippen molar-refractivity contribution in [1.82, 2.24) is 0 Å². The van der Waals surface area contributed by atoms with Gasteiger partial charge in [0.2, 0.25) is 6.29 Å². The predicted octanol–water partition coefficient (Wildman–Crippen LogP) is 2.47. The fraction of sp³-hybridized carbons (Fsp3) is 0.905. The zero-order valence-electron chi connectivity index (χ0n) is 33.9. The fourth-order valence-corrected chi connectivity index (χ4v) is 13.8. The molecule has 14 heteroatoms. The van der Waals surface area contributed by atoms with Gasteiger partial charge in [0.1, 0.15) is 24.4 Å². The van der Waals surface area contributed by atoms with E-state index in [1.165, 1.54) is 0 Å². The summed E-state index contributed by atoms with van der Waals surface area (Å²) in [6.07, 6.45) is -5.74. The SMILES string of the molecule is CC1CCC2(C(=O)OC3OC(O)C(CO)C(O)C3O)CC3=CCC4C5(C)CCC(OC6OC(C)C(O)C(O)C6O)C(C)(C)C5CCC4(C)C3(C(=O)O)CC2C1C. The van der Waals surface area contributed by atoms with Crippen LogP contribution in [0, 0.1) is 62.6 Å². The molecule has 0 bridgehead atoms. The number of carboxylic acids is 1. The van der Waals surface area contributed by atoms with Crippen LogP contribution < -0.4 is 0 Å². The van der Waals surface area contributed by atoms with Gasteiger partial charge in [0.05, 0.1) is 41.7 Å². The number of hydrogen-bond donors (Lipinski definition) is 8. The van der Waals surface area contributed by atoms with Crippen LogP contribution in [0.15, 0.2) is 11.6 Å². The lowest BCUT2D eigenvalue weighted by molar-refractivity contribution is -0.327. The summed E-state index contributed by atoms with van der Waals surface area (Å²) in [7, 11) is 0. The van der Waals surface area contributed by atoms with Gasteiger partial charge in [-0.15, -0.1) is 0 Å². The number of ether oxygens (including phenoxy) is 4. The Hall–Kier alpha value is -1.72. The van der Waals surface area contributed by atoms with E-state index in [4.69, 9.17) is 18.9 Å². The molecule has 5 aliphatic carbocycles. The molecule has 14 nitrogen and oxygen atoms in total. The Morgan fingerprint density at radius 1 is 0.821 bits per heavy atom. The number of allylic oxidation sites excluding steroid dienone is 1. The molecule has 20 atom stereocenters. The van der Waals surface area contributed by atoms with Gasteiger partial charge in [-0.05, 0) is 111 Å². The summed E-state index contributed by atoms with van der Waals surface area (Å²) >= 11 is 0. The minimum atomic E-state index is -1.70. The standard InChI is InChI=1S/C42H66O14/c1-19-10-15-41(37(52)56-35-31(47)29(45)23(18-43)33(49)55-35)16-22-8-9-26-39(6)13-12-27(54-34-32(48)30(46)28(44)21(3)53-34)38(4,5)25(39)11-14-40(26,7)42(22,36(50)51)17-24(41)20(19)2/h8,19-21,23-35,43-49H,9-18H2,1-7H3,(H,50,51). The Morgan fingerprint density at radius 3 is 2.16 bits per heavy atom. The van der Waals surface area contributed by atoms with Crippen molar-refractivity contribution in [3.63, 3.8) is 0 Å². The van der Waals surface area contributed by atoms with E-state index < -0.39 is 102 Å². The van der Waals surface area contributed by atoms with Crippen LogP contribution in [0.2, 0.25) is 0 Å². The number of carbonyl (C=O) groups excluding carboxylic acids is 1. The van der Waals surface area contributed by atoms with Crippen molar-refractivity contribution in [3.05, 3.63) is 11.6 Å². The van der Waals surface area contributed by atoms with Gasteiger partial charge in [0.15, 0.2) is 12.6 Å². The highest BCUT2D eigenvalue weighted by atomic mass is 16.8. The second kappa shape index (κ2) is 14.5. The van der Waals surface area contributed by atoms with Crippen molar-refractivity contribution in [1.29, 1.82) is 0 Å². The van der Waals surface area contributed by atoms with Crippen molar-refractivity contribution in [2.45, 2.75) is 168 Å². The molecule has 0 aromatic rings. The van der Waals surface area contributed by atoms with Crippen LogP contribution in [0.3, 0.4) is 0 Å². The number of hydrogen-bond acceptors (Lipinski definition) is 13. The van der Waals surface area contributed by atoms with Gasteiger partial charge in [-0.3, -0.25) is 9.59 Å². The number of carboxylic acid groups (broad SMARTS) is 1. The third kappa shape index (κ3) is 5.93. The van der Waals surface area contributed by atoms with Crippen LogP contribution in [-0.4, -0.2) is 121 Å². The minimum absolute atomic E-state index is 0.00802. The summed E-state index contributed by atoms with van der Waals surface area (Å²) in [5.74, 6) is -2.79. The van der Waals surface area contributed by atoms with E-state index in [1.54, 1.807) is 6.92 Å². The van der Waals surface area contributed by atoms with E-state index >= 15 is 0 Å². The summed E-state index contributed by atoms with van der Waals surface area (Å²) < 4.78 is 23.7. The van der Waals surface area contributed by atoms with Crippen molar-refractivity contribution in [2.24, 2.45) is 62.6 Å². The molecule has 0 radical (unpaired) electrons. The molecular weight excluding hydrogens is 728 g/mol. The van der Waals surface area contributed by atoms with Gasteiger partial charge in [-0.2, -0.15) is 0 Å². The summed E-state index contributed by atoms with van der Waals surface area (Å²) in [6.45, 7) is 14.0. The van der Waals surface area contributed by atoms with Crippen LogP contribution in [0.5, 0.6) is 0 Å². The lowest BCUT2D eigenvalue weighted by atomic mass is 9.33. The first-order valence-electron chi connectivity index (χ1n) is 20.9. The molecular formula is C42H66O14. The van der Waals surface area contributed by atoms with Crippen LogP contribution in [0.4, 0.5) is 0 Å². The molecule has 20 unspecified atom stereocenters. The van der Waals surface area contributed by atoms with E-state index in [1.807, 2.05) is 0 Å². The van der Waals surface area contributed by atoms with Crippen LogP contribution in [-0.2, 0) is 28.5 Å². The van der Waals surface area contributed by atoms with E-state index in [-0.39, 0.29) is 54.0 Å². The number of carbonyl (C=O) groups is 2. The maximum absolute atomic E-state index is 14.6. The number of aliphatic carboxylic acids is 1. The minimum Gasteiger partial charge on any atom is -0.481 e. The highest BCUT2D eigenvalue weighted by Crippen LogP contribution is 2.76. The molecule has 0 spiro atoms. The molecule has 56 heavy (non-hydrogen) atoms. The first-order chi connectivity index (χ1) is 26.1. The molecule has 0 amide bonds. The second-order valence-corrected chi connectivity index (χ2v) is 20.1. The number of aliphatic hydroxyl groups is 7. The lowest BCUT2D eigenvalue weighted by Crippen LogP contribution is -2.68. The monoisotopic (exact) mass is 794 g/mol. The lowest BCUT2D eigenvalue weighted by Gasteiger charge is -2.70. The van der Waals surface area contributed by atoms with Crippen LogP contribution >= 0.6 is 0 Å². The average molecular weight is 795 g/mol. The summed E-state index contributed by atoms with van der Waals surface area (Å²) in [5.41, 5.74) is -2.99. The topological polar surface area (TPSA) is 233 Å². The molecule has 318 valence electrons. The number of aliphatic hydroxyl groups excluding tert-OH is 7. The Balaban J connectivity index is 1.20. The van der Waals surface area contributed by atoms with Crippen LogP contribution in [0.1, 0.15) is 106 Å². The van der Waals surface area contributed by atoms with Crippen molar-refractivity contribution in [3.8, 4) is 0 Å². The fourth-order valence-electron chi connectivity index (χ4n) is 13.8. The molecule has 8 N–H and O–H groups in total. The summed E-state index contributed by atoms with van der Waals surface area (Å²) in [5, 5.41) is 84.7. The normalized spacial score (nSPS) is 54.0.